The molecular weight excluding hydrogens is 314 g/mol. The van der Waals surface area contributed by atoms with Crippen molar-refractivity contribution in [3.63, 3.8) is 0 Å². The predicted molar refractivity (Wildman–Crippen MR) is 84.4 cm³/mol. The maximum Gasteiger partial charge on any atom is 0.306 e. The molecule has 1 atom stereocenters. The molecule has 7 nitrogen and oxygen atoms in total. The number of nitrogens with two attached hydrogens (primary N) is 1. The van der Waals surface area contributed by atoms with E-state index in [4.69, 9.17) is 18.0 Å². The molecule has 0 aliphatic carbocycles. The first-order chi connectivity index (χ1) is 9.82. The lowest BCUT2D eigenvalue weighted by Crippen LogP contribution is -2.53. The number of esters is 1. The lowest BCUT2D eigenvalue weighted by Gasteiger charge is -2.35. The minimum atomic E-state index is -3.48. The highest BCUT2D eigenvalue weighted by molar-refractivity contribution is 7.92. The summed E-state index contributed by atoms with van der Waals surface area (Å²) in [5, 5.41) is -0.797. The Morgan fingerprint density at radius 1 is 1.33 bits per heavy atom. The minimum Gasteiger partial charge on any atom is -0.469 e. The van der Waals surface area contributed by atoms with Crippen molar-refractivity contribution < 1.29 is 17.9 Å². The van der Waals surface area contributed by atoms with Crippen molar-refractivity contribution in [2.24, 2.45) is 5.73 Å². The van der Waals surface area contributed by atoms with Gasteiger partial charge in [0.05, 0.1) is 18.5 Å². The Morgan fingerprint density at radius 3 is 2.33 bits per heavy atom. The van der Waals surface area contributed by atoms with Crippen LogP contribution in [0.3, 0.4) is 0 Å². The molecule has 0 amide bonds. The number of hydrogen-bond acceptors (Lipinski definition) is 6. The molecule has 122 valence electrons. The number of rotatable bonds is 7. The summed E-state index contributed by atoms with van der Waals surface area (Å²) in [5.41, 5.74) is 5.53. The van der Waals surface area contributed by atoms with E-state index in [-0.39, 0.29) is 11.0 Å². The van der Waals surface area contributed by atoms with Crippen LogP contribution in [0, 0.1) is 0 Å². The largest absolute Gasteiger partial charge is 0.469 e. The summed E-state index contributed by atoms with van der Waals surface area (Å²) >= 11 is 4.85. The molecule has 0 saturated carbocycles. The number of methoxy groups -OCH3 is 1. The number of piperazine rings is 1. The molecule has 9 heteroatoms. The van der Waals surface area contributed by atoms with Crippen LogP contribution in [0.1, 0.15) is 19.8 Å². The molecule has 0 aromatic rings. The van der Waals surface area contributed by atoms with Crippen molar-refractivity contribution in [1.29, 1.82) is 0 Å². The van der Waals surface area contributed by atoms with Gasteiger partial charge in [0.25, 0.3) is 0 Å². The average molecular weight is 337 g/mol. The molecule has 1 aliphatic rings. The van der Waals surface area contributed by atoms with E-state index in [1.165, 1.54) is 11.4 Å². The fourth-order valence-electron chi connectivity index (χ4n) is 2.30. The Labute approximate surface area is 131 Å². The van der Waals surface area contributed by atoms with E-state index in [0.29, 0.717) is 45.6 Å². The van der Waals surface area contributed by atoms with Gasteiger partial charge < -0.3 is 15.4 Å². The second-order valence-electron chi connectivity index (χ2n) is 4.91. The molecule has 1 heterocycles. The first-order valence-electron chi connectivity index (χ1n) is 6.90. The molecule has 1 aliphatic heterocycles. The third-order valence-corrected chi connectivity index (χ3v) is 6.42. The van der Waals surface area contributed by atoms with Crippen LogP contribution < -0.4 is 5.73 Å². The van der Waals surface area contributed by atoms with Gasteiger partial charge in [-0.05, 0) is 6.42 Å². The number of ether oxygens (including phenoxy) is 1. The second kappa shape index (κ2) is 8.02. The SMILES string of the molecule is CCC(C(N)=S)S(=O)(=O)N1CCN(CCC(=O)OC)CC1. The smallest absolute Gasteiger partial charge is 0.306 e. The van der Waals surface area contributed by atoms with Crippen molar-refractivity contribution >= 4 is 33.2 Å². The molecule has 1 fully saturated rings. The van der Waals surface area contributed by atoms with Crippen LogP contribution in [-0.2, 0) is 19.6 Å². The number of carbonyl (C=O) groups excluding carboxylic acids is 1. The van der Waals surface area contributed by atoms with Gasteiger partial charge in [-0.2, -0.15) is 4.31 Å². The van der Waals surface area contributed by atoms with E-state index in [1.54, 1.807) is 6.92 Å². The number of thiocarbonyl (C=S) groups is 1. The maximum atomic E-state index is 12.4. The summed E-state index contributed by atoms with van der Waals surface area (Å²) in [6.45, 7) is 4.29. The summed E-state index contributed by atoms with van der Waals surface area (Å²) in [6.07, 6.45) is 0.688. The fourth-order valence-corrected chi connectivity index (χ4v) is 4.58. The van der Waals surface area contributed by atoms with E-state index in [2.05, 4.69) is 4.74 Å². The van der Waals surface area contributed by atoms with Gasteiger partial charge in [0, 0.05) is 32.7 Å². The van der Waals surface area contributed by atoms with Gasteiger partial charge >= 0.3 is 5.97 Å². The zero-order valence-electron chi connectivity index (χ0n) is 12.4. The summed E-state index contributed by atoms with van der Waals surface area (Å²) in [6, 6.07) is 0. The summed E-state index contributed by atoms with van der Waals surface area (Å²) in [5.74, 6) is -0.260. The maximum absolute atomic E-state index is 12.4. The monoisotopic (exact) mass is 337 g/mol. The topological polar surface area (TPSA) is 92.9 Å². The number of nitrogens with zero attached hydrogens (tertiary/aromatic N) is 2. The standard InChI is InChI=1S/C12H23N3O4S2/c1-3-10(12(13)20)21(17,18)15-8-6-14(7-9-15)5-4-11(16)19-2/h10H,3-9H2,1-2H3,(H2,13,20). The van der Waals surface area contributed by atoms with Crippen LogP contribution >= 0.6 is 12.2 Å². The molecule has 0 radical (unpaired) electrons. The van der Waals surface area contributed by atoms with Crippen LogP contribution in [0.2, 0.25) is 0 Å². The number of carbonyl (C=O) groups is 1. The van der Waals surface area contributed by atoms with Gasteiger partial charge in [-0.1, -0.05) is 19.1 Å². The average Bonchev–Trinajstić information content (AvgIpc) is 2.45. The van der Waals surface area contributed by atoms with Gasteiger partial charge in [0.15, 0.2) is 0 Å². The molecular formula is C12H23N3O4S2. The van der Waals surface area contributed by atoms with Crippen molar-refractivity contribution in [3.05, 3.63) is 0 Å². The van der Waals surface area contributed by atoms with Crippen LogP contribution in [0.25, 0.3) is 0 Å². The molecule has 0 aromatic carbocycles. The van der Waals surface area contributed by atoms with Gasteiger partial charge in [0.2, 0.25) is 10.0 Å². The fraction of sp³-hybridized carbons (Fsp3) is 0.833. The first kappa shape index (κ1) is 18.3. The molecule has 1 rings (SSSR count). The Morgan fingerprint density at radius 2 is 1.90 bits per heavy atom. The van der Waals surface area contributed by atoms with Gasteiger partial charge in [-0.3, -0.25) is 4.79 Å². The third-order valence-electron chi connectivity index (χ3n) is 3.60. The molecule has 0 spiro atoms. The van der Waals surface area contributed by atoms with Crippen LogP contribution in [0.5, 0.6) is 0 Å². The Kier molecular flexibility index (Phi) is 6.98. The van der Waals surface area contributed by atoms with Gasteiger partial charge in [0.1, 0.15) is 5.25 Å². The molecule has 0 aromatic heterocycles. The van der Waals surface area contributed by atoms with Gasteiger partial charge in [-0.25, -0.2) is 8.42 Å². The van der Waals surface area contributed by atoms with Crippen molar-refractivity contribution in [1.82, 2.24) is 9.21 Å². The Hall–Kier alpha value is -0.770. The van der Waals surface area contributed by atoms with E-state index in [0.717, 1.165) is 0 Å². The lowest BCUT2D eigenvalue weighted by atomic mass is 10.3. The Balaban J connectivity index is 2.56. The van der Waals surface area contributed by atoms with Gasteiger partial charge in [-0.15, -0.1) is 0 Å². The molecule has 2 N–H and O–H groups in total. The zero-order valence-corrected chi connectivity index (χ0v) is 14.1. The van der Waals surface area contributed by atoms with Crippen molar-refractivity contribution in [2.45, 2.75) is 25.0 Å². The molecule has 21 heavy (non-hydrogen) atoms. The first-order valence-corrected chi connectivity index (χ1v) is 8.81. The highest BCUT2D eigenvalue weighted by Gasteiger charge is 2.34. The molecule has 1 unspecified atom stereocenters. The number of hydrogen-bond donors (Lipinski definition) is 1. The van der Waals surface area contributed by atoms with Crippen LogP contribution in [0.4, 0.5) is 0 Å². The molecule has 0 bridgehead atoms. The van der Waals surface area contributed by atoms with E-state index >= 15 is 0 Å². The second-order valence-corrected chi connectivity index (χ2v) is 7.50. The normalized spacial score (nSPS) is 19.1. The summed E-state index contributed by atoms with van der Waals surface area (Å²) in [4.78, 5) is 13.2. The van der Waals surface area contributed by atoms with Crippen molar-refractivity contribution in [2.75, 3.05) is 39.8 Å². The predicted octanol–water partition coefficient (Wildman–Crippen LogP) is -0.438. The third kappa shape index (κ3) is 4.87. The van der Waals surface area contributed by atoms with E-state index in [1.807, 2.05) is 4.90 Å². The lowest BCUT2D eigenvalue weighted by molar-refractivity contribution is -0.141. The van der Waals surface area contributed by atoms with Crippen molar-refractivity contribution in [3.8, 4) is 0 Å². The van der Waals surface area contributed by atoms with E-state index < -0.39 is 15.3 Å². The minimum absolute atomic E-state index is 0.0191. The van der Waals surface area contributed by atoms with Crippen LogP contribution in [0.15, 0.2) is 0 Å². The molecule has 1 saturated heterocycles. The summed E-state index contributed by atoms with van der Waals surface area (Å²) < 4.78 is 30.9. The van der Waals surface area contributed by atoms with Crippen LogP contribution in [-0.4, -0.2) is 73.7 Å². The Bertz CT molecular complexity index is 473. The summed E-state index contributed by atoms with van der Waals surface area (Å²) in [7, 11) is -2.13. The highest BCUT2D eigenvalue weighted by atomic mass is 32.2. The zero-order chi connectivity index (χ0) is 16.0. The highest BCUT2D eigenvalue weighted by Crippen LogP contribution is 2.16. The van der Waals surface area contributed by atoms with E-state index in [9.17, 15) is 13.2 Å². The number of sulfonamides is 1. The quantitative estimate of drug-likeness (QED) is 0.497.